The Kier molecular flexibility index (Phi) is 4.59. The fraction of sp³-hybridized carbons (Fsp3) is 0.111. The molecule has 1 aromatic carbocycles. The number of furan rings is 1. The van der Waals surface area contributed by atoms with Gasteiger partial charge in [0, 0.05) is 5.69 Å². The number of benzene rings is 1. The van der Waals surface area contributed by atoms with Crippen molar-refractivity contribution in [3.05, 3.63) is 60.1 Å². The molecule has 3 aromatic heterocycles. The van der Waals surface area contributed by atoms with Crippen LogP contribution in [0.2, 0.25) is 0 Å². The summed E-state index contributed by atoms with van der Waals surface area (Å²) in [5.41, 5.74) is 2.13. The van der Waals surface area contributed by atoms with E-state index < -0.39 is 0 Å². The minimum absolute atomic E-state index is 0.0863. The van der Waals surface area contributed by atoms with Crippen LogP contribution in [-0.4, -0.2) is 31.5 Å². The highest BCUT2D eigenvalue weighted by atomic mass is 32.2. The fourth-order valence-electron chi connectivity index (χ4n) is 2.41. The minimum Gasteiger partial charge on any atom is -0.463 e. The van der Waals surface area contributed by atoms with Gasteiger partial charge in [0.15, 0.2) is 11.4 Å². The van der Waals surface area contributed by atoms with Gasteiger partial charge in [0.2, 0.25) is 11.1 Å². The maximum Gasteiger partial charge on any atom is 0.234 e. The van der Waals surface area contributed by atoms with E-state index >= 15 is 0 Å². The third-order valence-corrected chi connectivity index (χ3v) is 4.72. The smallest absolute Gasteiger partial charge is 0.234 e. The number of thioether (sulfide) groups is 1. The van der Waals surface area contributed by atoms with E-state index in [0.29, 0.717) is 33.5 Å². The van der Waals surface area contributed by atoms with Gasteiger partial charge in [0.05, 0.1) is 12.0 Å². The molecule has 0 radical (unpaired) electrons. The van der Waals surface area contributed by atoms with Crippen molar-refractivity contribution in [3.8, 4) is 11.5 Å². The highest BCUT2D eigenvalue weighted by Crippen LogP contribution is 2.21. The number of fused-ring (bicyclic) bond motifs is 1. The summed E-state index contributed by atoms with van der Waals surface area (Å²) in [5, 5.41) is 15.7. The van der Waals surface area contributed by atoms with Crippen LogP contribution in [0.4, 0.5) is 10.1 Å². The maximum absolute atomic E-state index is 13.6. The van der Waals surface area contributed by atoms with Crippen molar-refractivity contribution in [2.45, 2.75) is 12.1 Å². The Morgan fingerprint density at radius 3 is 2.93 bits per heavy atom. The molecule has 1 N–H and O–H groups in total. The predicted octanol–water partition coefficient (Wildman–Crippen LogP) is 3.56. The first-order valence-corrected chi connectivity index (χ1v) is 9.04. The number of aryl methyl sites for hydroxylation is 1. The number of hydrogen-bond donors (Lipinski definition) is 1. The van der Waals surface area contributed by atoms with Gasteiger partial charge >= 0.3 is 0 Å². The fourth-order valence-corrected chi connectivity index (χ4v) is 3.10. The summed E-state index contributed by atoms with van der Waals surface area (Å²) in [6, 6.07) is 11.7. The number of nitrogens with one attached hydrogen (secondary N) is 1. The number of amides is 1. The van der Waals surface area contributed by atoms with Gasteiger partial charge in [0.1, 0.15) is 11.5 Å². The first-order valence-electron chi connectivity index (χ1n) is 8.05. The molecular formula is C18H14FN5O2S. The third-order valence-electron chi connectivity index (χ3n) is 3.80. The molecule has 0 bridgehead atoms. The molecule has 0 saturated heterocycles. The van der Waals surface area contributed by atoms with Crippen LogP contribution in [0.25, 0.3) is 17.1 Å². The lowest BCUT2D eigenvalue weighted by Gasteiger charge is -2.06. The van der Waals surface area contributed by atoms with Crippen molar-refractivity contribution < 1.29 is 13.6 Å². The van der Waals surface area contributed by atoms with E-state index in [0.717, 1.165) is 0 Å². The minimum atomic E-state index is -0.362. The summed E-state index contributed by atoms with van der Waals surface area (Å²) in [4.78, 5) is 12.1. The molecule has 27 heavy (non-hydrogen) atoms. The summed E-state index contributed by atoms with van der Waals surface area (Å²) in [5.74, 6) is 0.0737. The van der Waals surface area contributed by atoms with Gasteiger partial charge in [-0.25, -0.2) is 4.39 Å². The lowest BCUT2D eigenvalue weighted by molar-refractivity contribution is -0.113. The zero-order chi connectivity index (χ0) is 18.8. The van der Waals surface area contributed by atoms with Crippen molar-refractivity contribution in [2.75, 3.05) is 11.1 Å². The van der Waals surface area contributed by atoms with E-state index in [1.807, 2.05) is 0 Å². The Balaban J connectivity index is 1.47. The largest absolute Gasteiger partial charge is 0.463 e. The molecule has 1 amide bonds. The van der Waals surface area contributed by atoms with E-state index in [4.69, 9.17) is 4.42 Å². The molecular weight excluding hydrogens is 369 g/mol. The van der Waals surface area contributed by atoms with E-state index in [9.17, 15) is 9.18 Å². The van der Waals surface area contributed by atoms with Crippen LogP contribution in [-0.2, 0) is 4.79 Å². The summed E-state index contributed by atoms with van der Waals surface area (Å²) in [6.45, 7) is 1.66. The molecule has 136 valence electrons. The zero-order valence-electron chi connectivity index (χ0n) is 14.2. The quantitative estimate of drug-likeness (QED) is 0.531. The molecule has 0 saturated carbocycles. The van der Waals surface area contributed by atoms with Gasteiger partial charge in [0.25, 0.3) is 0 Å². The van der Waals surface area contributed by atoms with Crippen LogP contribution in [0.5, 0.6) is 0 Å². The molecule has 3 heterocycles. The van der Waals surface area contributed by atoms with Gasteiger partial charge in [-0.1, -0.05) is 17.8 Å². The highest BCUT2D eigenvalue weighted by molar-refractivity contribution is 7.99. The Hall–Kier alpha value is -3.20. The average molecular weight is 383 g/mol. The van der Waals surface area contributed by atoms with Crippen LogP contribution in [0.15, 0.2) is 58.3 Å². The third kappa shape index (κ3) is 3.68. The second kappa shape index (κ2) is 7.20. The summed E-state index contributed by atoms with van der Waals surface area (Å²) >= 11 is 1.19. The lowest BCUT2D eigenvalue weighted by Crippen LogP contribution is -2.14. The van der Waals surface area contributed by atoms with Crippen LogP contribution in [0.3, 0.4) is 0 Å². The number of aromatic nitrogens is 4. The molecule has 0 aliphatic rings. The Bertz CT molecular complexity index is 1110. The molecule has 0 aliphatic heterocycles. The van der Waals surface area contributed by atoms with Crippen molar-refractivity contribution in [1.29, 1.82) is 0 Å². The topological polar surface area (TPSA) is 85.3 Å². The molecule has 9 heteroatoms. The van der Waals surface area contributed by atoms with Crippen molar-refractivity contribution >= 4 is 29.0 Å². The van der Waals surface area contributed by atoms with Crippen LogP contribution in [0.1, 0.15) is 5.56 Å². The van der Waals surface area contributed by atoms with Crippen molar-refractivity contribution in [3.63, 3.8) is 0 Å². The second-order valence-corrected chi connectivity index (χ2v) is 6.69. The van der Waals surface area contributed by atoms with Crippen LogP contribution >= 0.6 is 11.8 Å². The Morgan fingerprint density at radius 1 is 1.26 bits per heavy atom. The average Bonchev–Trinajstić information content (AvgIpc) is 3.32. The summed E-state index contributed by atoms with van der Waals surface area (Å²) < 4.78 is 20.5. The number of anilines is 1. The van der Waals surface area contributed by atoms with Crippen molar-refractivity contribution in [1.82, 2.24) is 19.8 Å². The van der Waals surface area contributed by atoms with Gasteiger partial charge in [-0.3, -0.25) is 4.79 Å². The van der Waals surface area contributed by atoms with Crippen LogP contribution < -0.4 is 5.32 Å². The Labute approximate surface area is 157 Å². The second-order valence-electron chi connectivity index (χ2n) is 5.75. The van der Waals surface area contributed by atoms with Crippen molar-refractivity contribution in [2.24, 2.45) is 0 Å². The lowest BCUT2D eigenvalue weighted by atomic mass is 10.2. The number of rotatable bonds is 5. The summed E-state index contributed by atoms with van der Waals surface area (Å²) in [7, 11) is 0. The number of carbonyl (C=O) groups excluding carboxylic acids is 1. The zero-order valence-corrected chi connectivity index (χ0v) is 15.0. The molecule has 0 unspecified atom stereocenters. The number of carbonyl (C=O) groups is 1. The Morgan fingerprint density at radius 2 is 2.15 bits per heavy atom. The monoisotopic (exact) mass is 383 g/mol. The van der Waals surface area contributed by atoms with Gasteiger partial charge in [-0.15, -0.1) is 10.2 Å². The van der Waals surface area contributed by atoms with E-state index in [-0.39, 0.29) is 17.5 Å². The molecule has 7 nitrogen and oxygen atoms in total. The molecule has 0 spiro atoms. The standard InChI is InChI=1S/C18H14FN5O2S/c1-11-4-5-12(9-13(11)19)20-17(25)10-27-18-22-21-16-7-6-14(23-24(16)18)15-3-2-8-26-15/h2-9H,10H2,1H3,(H,20,25). The number of nitrogens with zero attached hydrogens (tertiary/aromatic N) is 4. The summed E-state index contributed by atoms with van der Waals surface area (Å²) in [6.07, 6.45) is 1.57. The first-order chi connectivity index (χ1) is 13.1. The highest BCUT2D eigenvalue weighted by Gasteiger charge is 2.13. The van der Waals surface area contributed by atoms with Gasteiger partial charge in [-0.05, 0) is 48.9 Å². The van der Waals surface area contributed by atoms with E-state index in [1.54, 1.807) is 54.1 Å². The number of hydrogen-bond acceptors (Lipinski definition) is 6. The van der Waals surface area contributed by atoms with E-state index in [2.05, 4.69) is 20.6 Å². The van der Waals surface area contributed by atoms with Crippen LogP contribution in [0, 0.1) is 12.7 Å². The molecule has 4 aromatic rings. The molecule has 4 rings (SSSR count). The molecule has 0 atom stereocenters. The van der Waals surface area contributed by atoms with Gasteiger partial charge in [-0.2, -0.15) is 9.61 Å². The maximum atomic E-state index is 13.6. The normalized spacial score (nSPS) is 11.0. The van der Waals surface area contributed by atoms with Gasteiger partial charge < -0.3 is 9.73 Å². The van der Waals surface area contributed by atoms with E-state index in [1.165, 1.54) is 17.8 Å². The predicted molar refractivity (Wildman–Crippen MR) is 99.0 cm³/mol. The first kappa shape index (κ1) is 17.2. The number of halogens is 1. The molecule has 0 aliphatic carbocycles. The SMILES string of the molecule is Cc1ccc(NC(=O)CSc2nnc3ccc(-c4ccco4)nn23)cc1F. The molecule has 0 fully saturated rings.